The minimum atomic E-state index is -0.134. The highest BCUT2D eigenvalue weighted by atomic mass is 16.5. The van der Waals surface area contributed by atoms with E-state index in [1.165, 1.54) is 0 Å². The maximum absolute atomic E-state index is 12.3. The molecule has 0 radical (unpaired) electrons. The molecule has 5 nitrogen and oxygen atoms in total. The average Bonchev–Trinajstić information content (AvgIpc) is 2.62. The maximum Gasteiger partial charge on any atom is 0.255 e. The number of carbonyl (C=O) groups is 1. The number of nitrogens with zero attached hydrogens (tertiary/aromatic N) is 1. The second-order valence-corrected chi connectivity index (χ2v) is 5.86. The molecule has 0 aliphatic carbocycles. The minimum absolute atomic E-state index is 0.134. The molecule has 1 heterocycles. The molecule has 0 saturated carbocycles. The Hall–Kier alpha value is -2.53. The molecule has 1 aliphatic heterocycles. The first-order valence-electron chi connectivity index (χ1n) is 8.08. The third-order valence-electron chi connectivity index (χ3n) is 4.08. The third-order valence-corrected chi connectivity index (χ3v) is 4.08. The highest BCUT2D eigenvalue weighted by molar-refractivity contribution is 6.04. The van der Waals surface area contributed by atoms with E-state index < -0.39 is 0 Å². The van der Waals surface area contributed by atoms with Gasteiger partial charge in [-0.1, -0.05) is 0 Å². The van der Waals surface area contributed by atoms with Gasteiger partial charge in [-0.3, -0.25) is 4.79 Å². The fraction of sp³-hybridized carbons (Fsp3) is 0.316. The fourth-order valence-electron chi connectivity index (χ4n) is 2.75. The SMILES string of the molecule is COc1ccc(C(=O)Nc2ccc(N3CCOC(C)C3)cc2)cc1. The maximum atomic E-state index is 12.3. The fourth-order valence-corrected chi connectivity index (χ4v) is 2.75. The zero-order chi connectivity index (χ0) is 16.9. The van der Waals surface area contributed by atoms with Gasteiger partial charge in [-0.25, -0.2) is 0 Å². The number of rotatable bonds is 4. The summed E-state index contributed by atoms with van der Waals surface area (Å²) in [5, 5.41) is 2.91. The normalized spacial score (nSPS) is 17.4. The van der Waals surface area contributed by atoms with Crippen LogP contribution in [-0.2, 0) is 4.74 Å². The molecule has 0 aromatic heterocycles. The van der Waals surface area contributed by atoms with Crippen LogP contribution >= 0.6 is 0 Å². The summed E-state index contributed by atoms with van der Waals surface area (Å²) in [6.07, 6.45) is 0.244. The van der Waals surface area contributed by atoms with Gasteiger partial charge < -0.3 is 19.7 Å². The lowest BCUT2D eigenvalue weighted by molar-refractivity contribution is 0.0532. The van der Waals surface area contributed by atoms with E-state index in [0.717, 1.165) is 36.8 Å². The summed E-state index contributed by atoms with van der Waals surface area (Å²) in [4.78, 5) is 14.6. The monoisotopic (exact) mass is 326 g/mol. The van der Waals surface area contributed by atoms with Crippen LogP contribution in [0, 0.1) is 0 Å². The predicted octanol–water partition coefficient (Wildman–Crippen LogP) is 3.17. The summed E-state index contributed by atoms with van der Waals surface area (Å²) >= 11 is 0. The van der Waals surface area contributed by atoms with Gasteiger partial charge in [-0.05, 0) is 55.5 Å². The number of nitrogens with one attached hydrogen (secondary N) is 1. The van der Waals surface area contributed by atoms with Crippen molar-refractivity contribution in [3.63, 3.8) is 0 Å². The summed E-state index contributed by atoms with van der Waals surface area (Å²) in [5.41, 5.74) is 2.52. The molecule has 1 N–H and O–H groups in total. The van der Waals surface area contributed by atoms with Crippen LogP contribution in [0.2, 0.25) is 0 Å². The number of benzene rings is 2. The molecule has 126 valence electrons. The Bertz CT molecular complexity index is 683. The van der Waals surface area contributed by atoms with Gasteiger partial charge in [0, 0.05) is 30.0 Å². The van der Waals surface area contributed by atoms with E-state index in [4.69, 9.17) is 9.47 Å². The zero-order valence-electron chi connectivity index (χ0n) is 14.0. The van der Waals surface area contributed by atoms with E-state index in [1.54, 1.807) is 31.4 Å². The van der Waals surface area contributed by atoms with Crippen molar-refractivity contribution < 1.29 is 14.3 Å². The number of hydrogen-bond donors (Lipinski definition) is 1. The zero-order valence-corrected chi connectivity index (χ0v) is 14.0. The van der Waals surface area contributed by atoms with Crippen molar-refractivity contribution in [3.8, 4) is 5.75 Å². The molecule has 24 heavy (non-hydrogen) atoms. The second kappa shape index (κ2) is 7.36. The van der Waals surface area contributed by atoms with Crippen molar-refractivity contribution in [2.75, 3.05) is 37.0 Å². The minimum Gasteiger partial charge on any atom is -0.497 e. The number of amides is 1. The lowest BCUT2D eigenvalue weighted by Crippen LogP contribution is -2.41. The summed E-state index contributed by atoms with van der Waals surface area (Å²) in [6.45, 7) is 4.60. The summed E-state index contributed by atoms with van der Waals surface area (Å²) in [7, 11) is 1.60. The largest absolute Gasteiger partial charge is 0.497 e. The smallest absolute Gasteiger partial charge is 0.255 e. The molecular formula is C19H22N2O3. The van der Waals surface area contributed by atoms with Crippen LogP contribution in [0.4, 0.5) is 11.4 Å². The number of hydrogen-bond acceptors (Lipinski definition) is 4. The highest BCUT2D eigenvalue weighted by Crippen LogP contribution is 2.21. The molecule has 1 amide bonds. The Kier molecular flexibility index (Phi) is 5.01. The van der Waals surface area contributed by atoms with Crippen molar-refractivity contribution in [1.29, 1.82) is 0 Å². The molecule has 2 aromatic rings. The van der Waals surface area contributed by atoms with E-state index in [2.05, 4.69) is 17.1 Å². The van der Waals surface area contributed by atoms with Gasteiger partial charge in [0.1, 0.15) is 5.75 Å². The van der Waals surface area contributed by atoms with E-state index in [1.807, 2.05) is 24.3 Å². The van der Waals surface area contributed by atoms with Crippen LogP contribution in [0.25, 0.3) is 0 Å². The third kappa shape index (κ3) is 3.86. The molecule has 1 fully saturated rings. The Morgan fingerprint density at radius 1 is 1.17 bits per heavy atom. The van der Waals surface area contributed by atoms with Crippen molar-refractivity contribution in [1.82, 2.24) is 0 Å². The van der Waals surface area contributed by atoms with Crippen LogP contribution in [-0.4, -0.2) is 38.8 Å². The first-order chi connectivity index (χ1) is 11.7. The van der Waals surface area contributed by atoms with Crippen LogP contribution in [0.1, 0.15) is 17.3 Å². The lowest BCUT2D eigenvalue weighted by atomic mass is 10.2. The van der Waals surface area contributed by atoms with Crippen LogP contribution in [0.15, 0.2) is 48.5 Å². The van der Waals surface area contributed by atoms with E-state index in [-0.39, 0.29) is 12.0 Å². The van der Waals surface area contributed by atoms with E-state index in [0.29, 0.717) is 5.56 Å². The Morgan fingerprint density at radius 3 is 2.50 bits per heavy atom. The molecule has 3 rings (SSSR count). The van der Waals surface area contributed by atoms with Gasteiger partial charge in [0.15, 0.2) is 0 Å². The first-order valence-corrected chi connectivity index (χ1v) is 8.08. The highest BCUT2D eigenvalue weighted by Gasteiger charge is 2.16. The average molecular weight is 326 g/mol. The van der Waals surface area contributed by atoms with Crippen LogP contribution < -0.4 is 15.0 Å². The van der Waals surface area contributed by atoms with Crippen LogP contribution in [0.5, 0.6) is 5.75 Å². The van der Waals surface area contributed by atoms with Crippen LogP contribution in [0.3, 0.4) is 0 Å². The number of morpholine rings is 1. The Labute approximate surface area is 142 Å². The quantitative estimate of drug-likeness (QED) is 0.937. The molecule has 1 atom stereocenters. The van der Waals surface area contributed by atoms with Crippen molar-refractivity contribution in [2.24, 2.45) is 0 Å². The molecule has 1 saturated heterocycles. The Balaban J connectivity index is 1.63. The van der Waals surface area contributed by atoms with Gasteiger partial charge in [0.25, 0.3) is 5.91 Å². The Morgan fingerprint density at radius 2 is 1.88 bits per heavy atom. The number of ether oxygens (including phenoxy) is 2. The topological polar surface area (TPSA) is 50.8 Å². The molecule has 1 aliphatic rings. The number of carbonyl (C=O) groups excluding carboxylic acids is 1. The number of anilines is 2. The summed E-state index contributed by atoms with van der Waals surface area (Å²) in [5.74, 6) is 0.598. The standard InChI is InChI=1S/C19H22N2O3/c1-14-13-21(11-12-24-14)17-7-5-16(6-8-17)20-19(22)15-3-9-18(23-2)10-4-15/h3-10,14H,11-13H2,1-2H3,(H,20,22). The van der Waals surface area contributed by atoms with Gasteiger partial charge >= 0.3 is 0 Å². The molecular weight excluding hydrogens is 304 g/mol. The molecule has 2 aromatic carbocycles. The predicted molar refractivity (Wildman–Crippen MR) is 95.0 cm³/mol. The molecule has 1 unspecified atom stereocenters. The van der Waals surface area contributed by atoms with Crippen molar-refractivity contribution >= 4 is 17.3 Å². The summed E-state index contributed by atoms with van der Waals surface area (Å²) in [6, 6.07) is 15.0. The van der Waals surface area contributed by atoms with Crippen molar-refractivity contribution in [2.45, 2.75) is 13.0 Å². The van der Waals surface area contributed by atoms with Gasteiger partial charge in [-0.15, -0.1) is 0 Å². The molecule has 0 bridgehead atoms. The first kappa shape index (κ1) is 16.3. The van der Waals surface area contributed by atoms with Gasteiger partial charge in [0.05, 0.1) is 19.8 Å². The molecule has 5 heteroatoms. The molecule has 0 spiro atoms. The van der Waals surface area contributed by atoms with Crippen molar-refractivity contribution in [3.05, 3.63) is 54.1 Å². The van der Waals surface area contributed by atoms with E-state index >= 15 is 0 Å². The van der Waals surface area contributed by atoms with E-state index in [9.17, 15) is 4.79 Å². The number of methoxy groups -OCH3 is 1. The lowest BCUT2D eigenvalue weighted by Gasteiger charge is -2.33. The summed E-state index contributed by atoms with van der Waals surface area (Å²) < 4.78 is 10.7. The van der Waals surface area contributed by atoms with Gasteiger partial charge in [0.2, 0.25) is 0 Å². The second-order valence-electron chi connectivity index (χ2n) is 5.86. The van der Waals surface area contributed by atoms with Gasteiger partial charge in [-0.2, -0.15) is 0 Å².